The molecular formula is C11H15Cl2N3. The van der Waals surface area contributed by atoms with Crippen LogP contribution < -0.4 is 10.2 Å². The fraction of sp³-hybridized carbons (Fsp3) is 0.545. The van der Waals surface area contributed by atoms with E-state index < -0.39 is 0 Å². The molecule has 1 fully saturated rings. The summed E-state index contributed by atoms with van der Waals surface area (Å²) < 4.78 is 0. The van der Waals surface area contributed by atoms with Crippen LogP contribution in [0.4, 0.5) is 5.82 Å². The molecule has 1 N–H and O–H groups in total. The summed E-state index contributed by atoms with van der Waals surface area (Å²) in [5, 5.41) is 4.64. The number of hydrogen-bond donors (Lipinski definition) is 1. The van der Waals surface area contributed by atoms with Crippen LogP contribution in [0.2, 0.25) is 10.0 Å². The van der Waals surface area contributed by atoms with Crippen molar-refractivity contribution < 1.29 is 0 Å². The van der Waals surface area contributed by atoms with Crippen LogP contribution in [0.3, 0.4) is 0 Å². The van der Waals surface area contributed by atoms with Crippen molar-refractivity contribution in [1.29, 1.82) is 0 Å². The summed E-state index contributed by atoms with van der Waals surface area (Å²) in [5.74, 6) is 0.820. The molecule has 0 spiro atoms. The summed E-state index contributed by atoms with van der Waals surface area (Å²) in [5.41, 5.74) is 0.0862. The van der Waals surface area contributed by atoms with Gasteiger partial charge in [0.15, 0.2) is 0 Å². The second-order valence-electron chi connectivity index (χ2n) is 4.69. The normalized spacial score (nSPS) is 19.9. The van der Waals surface area contributed by atoms with Crippen LogP contribution in [0.25, 0.3) is 0 Å². The number of anilines is 1. The third-order valence-electron chi connectivity index (χ3n) is 2.66. The molecule has 0 aliphatic carbocycles. The topological polar surface area (TPSA) is 28.2 Å². The molecule has 0 saturated carbocycles. The Hall–Kier alpha value is -0.510. The summed E-state index contributed by atoms with van der Waals surface area (Å²) in [6.45, 7) is 7.08. The van der Waals surface area contributed by atoms with Crippen LogP contribution in [0.15, 0.2) is 12.3 Å². The SMILES string of the molecule is CC1(C)CN(c2ncc(Cl)cc2Cl)CCN1. The highest BCUT2D eigenvalue weighted by Crippen LogP contribution is 2.27. The van der Waals surface area contributed by atoms with Crippen LogP contribution in [-0.4, -0.2) is 30.2 Å². The molecule has 3 nitrogen and oxygen atoms in total. The van der Waals surface area contributed by atoms with Gasteiger partial charge in [0.25, 0.3) is 0 Å². The molecule has 0 unspecified atom stereocenters. The molecule has 1 aliphatic heterocycles. The molecule has 1 aromatic heterocycles. The highest BCUT2D eigenvalue weighted by Gasteiger charge is 2.27. The van der Waals surface area contributed by atoms with Gasteiger partial charge in [-0.1, -0.05) is 23.2 Å². The average Bonchev–Trinajstić information content (AvgIpc) is 2.15. The molecule has 2 heterocycles. The van der Waals surface area contributed by atoms with Gasteiger partial charge in [0, 0.05) is 31.4 Å². The predicted octanol–water partition coefficient (Wildman–Crippen LogP) is 2.58. The predicted molar refractivity (Wildman–Crippen MR) is 68.6 cm³/mol. The van der Waals surface area contributed by atoms with Crippen LogP contribution >= 0.6 is 23.2 Å². The lowest BCUT2D eigenvalue weighted by atomic mass is 10.0. The molecule has 1 aromatic rings. The van der Waals surface area contributed by atoms with Crippen molar-refractivity contribution in [3.8, 4) is 0 Å². The van der Waals surface area contributed by atoms with E-state index in [4.69, 9.17) is 23.2 Å². The van der Waals surface area contributed by atoms with Gasteiger partial charge in [-0.25, -0.2) is 4.98 Å². The Balaban J connectivity index is 2.23. The van der Waals surface area contributed by atoms with E-state index >= 15 is 0 Å². The highest BCUT2D eigenvalue weighted by molar-refractivity contribution is 6.36. The minimum absolute atomic E-state index is 0.0862. The molecule has 1 saturated heterocycles. The van der Waals surface area contributed by atoms with Gasteiger partial charge in [0.05, 0.1) is 10.0 Å². The number of piperazine rings is 1. The molecule has 0 radical (unpaired) electrons. The Morgan fingerprint density at radius 1 is 1.44 bits per heavy atom. The van der Waals surface area contributed by atoms with Gasteiger partial charge in [-0.3, -0.25) is 0 Å². The first-order valence-corrected chi connectivity index (χ1v) is 6.04. The minimum atomic E-state index is 0.0862. The maximum Gasteiger partial charge on any atom is 0.147 e. The number of aromatic nitrogens is 1. The van der Waals surface area contributed by atoms with E-state index in [9.17, 15) is 0 Å². The molecule has 0 amide bonds. The van der Waals surface area contributed by atoms with E-state index in [-0.39, 0.29) is 5.54 Å². The van der Waals surface area contributed by atoms with E-state index in [1.54, 1.807) is 12.3 Å². The zero-order valence-electron chi connectivity index (χ0n) is 9.43. The Morgan fingerprint density at radius 2 is 2.19 bits per heavy atom. The second-order valence-corrected chi connectivity index (χ2v) is 5.53. The Kier molecular flexibility index (Phi) is 3.29. The number of nitrogens with one attached hydrogen (secondary N) is 1. The molecule has 88 valence electrons. The maximum absolute atomic E-state index is 6.15. The van der Waals surface area contributed by atoms with E-state index in [0.717, 1.165) is 25.5 Å². The minimum Gasteiger partial charge on any atom is -0.352 e. The zero-order chi connectivity index (χ0) is 11.8. The van der Waals surface area contributed by atoms with Crippen molar-refractivity contribution in [2.75, 3.05) is 24.5 Å². The van der Waals surface area contributed by atoms with E-state index in [1.165, 1.54) is 0 Å². The van der Waals surface area contributed by atoms with Gasteiger partial charge in [-0.2, -0.15) is 0 Å². The van der Waals surface area contributed by atoms with Crippen molar-refractivity contribution in [3.05, 3.63) is 22.3 Å². The van der Waals surface area contributed by atoms with E-state index in [0.29, 0.717) is 10.0 Å². The molecule has 2 rings (SSSR count). The molecule has 1 aliphatic rings. The summed E-state index contributed by atoms with van der Waals surface area (Å²) in [4.78, 5) is 6.49. The number of pyridine rings is 1. The monoisotopic (exact) mass is 259 g/mol. The van der Waals surface area contributed by atoms with Crippen molar-refractivity contribution >= 4 is 29.0 Å². The summed E-state index contributed by atoms with van der Waals surface area (Å²) in [6.07, 6.45) is 1.64. The van der Waals surface area contributed by atoms with E-state index in [1.807, 2.05) is 0 Å². The standard InChI is InChI=1S/C11H15Cl2N3/c1-11(2)7-16(4-3-15-11)10-9(13)5-8(12)6-14-10/h5-6,15H,3-4,7H2,1-2H3. The summed E-state index contributed by atoms with van der Waals surface area (Å²) >= 11 is 12.0. The first kappa shape index (κ1) is 12.0. The van der Waals surface area contributed by atoms with Gasteiger partial charge >= 0.3 is 0 Å². The number of hydrogen-bond acceptors (Lipinski definition) is 3. The molecule has 16 heavy (non-hydrogen) atoms. The van der Waals surface area contributed by atoms with Crippen LogP contribution in [0.5, 0.6) is 0 Å². The first-order valence-electron chi connectivity index (χ1n) is 5.29. The lowest BCUT2D eigenvalue weighted by Gasteiger charge is -2.40. The molecule has 0 atom stereocenters. The highest BCUT2D eigenvalue weighted by atomic mass is 35.5. The van der Waals surface area contributed by atoms with Gasteiger partial charge in [0.2, 0.25) is 0 Å². The average molecular weight is 260 g/mol. The second kappa shape index (κ2) is 4.40. The quantitative estimate of drug-likeness (QED) is 0.841. The third kappa shape index (κ3) is 2.59. The third-order valence-corrected chi connectivity index (χ3v) is 3.14. The summed E-state index contributed by atoms with van der Waals surface area (Å²) in [7, 11) is 0. The van der Waals surface area contributed by atoms with Crippen LogP contribution in [0, 0.1) is 0 Å². The lowest BCUT2D eigenvalue weighted by Crippen LogP contribution is -2.57. The Morgan fingerprint density at radius 3 is 2.81 bits per heavy atom. The smallest absolute Gasteiger partial charge is 0.147 e. The van der Waals surface area contributed by atoms with Crippen molar-refractivity contribution in [1.82, 2.24) is 10.3 Å². The van der Waals surface area contributed by atoms with Gasteiger partial charge in [-0.05, 0) is 19.9 Å². The fourth-order valence-corrected chi connectivity index (χ4v) is 2.46. The van der Waals surface area contributed by atoms with Crippen LogP contribution in [-0.2, 0) is 0 Å². The first-order chi connectivity index (χ1) is 7.48. The van der Waals surface area contributed by atoms with Crippen molar-refractivity contribution in [2.45, 2.75) is 19.4 Å². The maximum atomic E-state index is 6.15. The van der Waals surface area contributed by atoms with Crippen LogP contribution in [0.1, 0.15) is 13.8 Å². The Labute approximate surface area is 106 Å². The number of nitrogens with zero attached hydrogens (tertiary/aromatic N) is 2. The number of rotatable bonds is 1. The van der Waals surface area contributed by atoms with Crippen molar-refractivity contribution in [3.63, 3.8) is 0 Å². The van der Waals surface area contributed by atoms with Gasteiger partial charge in [-0.15, -0.1) is 0 Å². The van der Waals surface area contributed by atoms with Gasteiger partial charge < -0.3 is 10.2 Å². The molecule has 5 heteroatoms. The Bertz CT molecular complexity index is 393. The molecular weight excluding hydrogens is 245 g/mol. The number of halogens is 2. The summed E-state index contributed by atoms with van der Waals surface area (Å²) in [6, 6.07) is 1.74. The van der Waals surface area contributed by atoms with Crippen molar-refractivity contribution in [2.24, 2.45) is 0 Å². The molecule has 0 aromatic carbocycles. The van der Waals surface area contributed by atoms with E-state index in [2.05, 4.69) is 29.0 Å². The lowest BCUT2D eigenvalue weighted by molar-refractivity contribution is 0.352. The largest absolute Gasteiger partial charge is 0.352 e. The molecule has 0 bridgehead atoms. The fourth-order valence-electron chi connectivity index (χ4n) is 1.96. The van der Waals surface area contributed by atoms with Gasteiger partial charge in [0.1, 0.15) is 5.82 Å². The zero-order valence-corrected chi connectivity index (χ0v) is 10.9.